The Morgan fingerprint density at radius 1 is 1.15 bits per heavy atom. The Hall–Kier alpha value is -4.28. The average Bonchev–Trinajstić information content (AvgIpc) is 3.34. The molecule has 1 aliphatic heterocycles. The number of amides is 3. The number of likely N-dealkylation sites (tertiary alicyclic amines) is 1. The SMILES string of the molecule is C=C(Nc1ccc(C(=O)NCc2c(CC)nc3c(cnn3CC)c2NC2CCN(C(N)=O)CC2)cc1)OC(C)(C)C. The van der Waals surface area contributed by atoms with Crippen LogP contribution in [0.3, 0.4) is 0 Å². The minimum absolute atomic E-state index is 0.150. The molecule has 0 unspecified atom stereocenters. The molecule has 1 fully saturated rings. The van der Waals surface area contributed by atoms with Crippen LogP contribution in [0.5, 0.6) is 0 Å². The van der Waals surface area contributed by atoms with Crippen molar-refractivity contribution in [3.05, 3.63) is 59.7 Å². The number of rotatable bonds is 10. The predicted octanol–water partition coefficient (Wildman–Crippen LogP) is 4.60. The zero-order valence-corrected chi connectivity index (χ0v) is 24.7. The van der Waals surface area contributed by atoms with Gasteiger partial charge in [-0.1, -0.05) is 6.92 Å². The Bertz CT molecular complexity index is 1400. The zero-order valence-electron chi connectivity index (χ0n) is 24.7. The molecule has 3 aromatic rings. The lowest BCUT2D eigenvalue weighted by atomic mass is 10.0. The van der Waals surface area contributed by atoms with Crippen molar-refractivity contribution in [3.8, 4) is 0 Å². The number of nitrogens with zero attached hydrogens (tertiary/aromatic N) is 4. The summed E-state index contributed by atoms with van der Waals surface area (Å²) in [6.07, 6.45) is 4.08. The number of anilines is 2. The number of aryl methyl sites for hydroxylation is 2. The van der Waals surface area contributed by atoms with Gasteiger partial charge in [-0.05, 0) is 77.8 Å². The van der Waals surface area contributed by atoms with Gasteiger partial charge >= 0.3 is 6.03 Å². The number of carbonyl (C=O) groups is 2. The van der Waals surface area contributed by atoms with Gasteiger partial charge in [-0.2, -0.15) is 5.10 Å². The predicted molar refractivity (Wildman–Crippen MR) is 162 cm³/mol. The van der Waals surface area contributed by atoms with E-state index in [9.17, 15) is 9.59 Å². The van der Waals surface area contributed by atoms with E-state index < -0.39 is 0 Å². The molecule has 3 amide bonds. The van der Waals surface area contributed by atoms with E-state index in [4.69, 9.17) is 15.5 Å². The van der Waals surface area contributed by atoms with Crippen molar-refractivity contribution in [1.29, 1.82) is 0 Å². The fourth-order valence-electron chi connectivity index (χ4n) is 5.03. The number of fused-ring (bicyclic) bond motifs is 1. The Kier molecular flexibility index (Phi) is 9.05. The van der Waals surface area contributed by atoms with Gasteiger partial charge in [0.2, 0.25) is 0 Å². The van der Waals surface area contributed by atoms with Gasteiger partial charge in [0.15, 0.2) is 11.5 Å². The lowest BCUT2D eigenvalue weighted by Gasteiger charge is -2.32. The number of aromatic nitrogens is 3. The van der Waals surface area contributed by atoms with Crippen molar-refractivity contribution in [2.75, 3.05) is 23.7 Å². The molecule has 2 aromatic heterocycles. The fraction of sp³-hybridized carbons (Fsp3) is 0.467. The molecule has 0 radical (unpaired) electrons. The summed E-state index contributed by atoms with van der Waals surface area (Å²) in [6, 6.07) is 6.94. The van der Waals surface area contributed by atoms with Gasteiger partial charge in [-0.3, -0.25) is 4.79 Å². The molecule has 0 atom stereocenters. The van der Waals surface area contributed by atoms with Crippen molar-refractivity contribution in [3.63, 3.8) is 0 Å². The first-order valence-corrected chi connectivity index (χ1v) is 14.2. The highest BCUT2D eigenvalue weighted by Gasteiger charge is 2.25. The zero-order chi connectivity index (χ0) is 29.7. The number of hydrogen-bond donors (Lipinski definition) is 4. The summed E-state index contributed by atoms with van der Waals surface area (Å²) >= 11 is 0. The van der Waals surface area contributed by atoms with Gasteiger partial charge in [-0.15, -0.1) is 0 Å². The number of benzene rings is 1. The Balaban J connectivity index is 1.53. The molecule has 0 saturated carbocycles. The van der Waals surface area contributed by atoms with E-state index in [1.165, 1.54) is 0 Å². The highest BCUT2D eigenvalue weighted by Crippen LogP contribution is 2.31. The molecule has 5 N–H and O–H groups in total. The van der Waals surface area contributed by atoms with E-state index in [2.05, 4.69) is 34.6 Å². The molecule has 0 spiro atoms. The molecule has 4 rings (SSSR count). The second-order valence-corrected chi connectivity index (χ2v) is 11.2. The number of primary amides is 1. The molecule has 1 saturated heterocycles. The summed E-state index contributed by atoms with van der Waals surface area (Å²) in [4.78, 5) is 31.4. The highest BCUT2D eigenvalue weighted by atomic mass is 16.5. The number of ether oxygens (including phenoxy) is 1. The molecule has 3 heterocycles. The normalized spacial score (nSPS) is 14.1. The topological polar surface area (TPSA) is 139 Å². The first-order valence-electron chi connectivity index (χ1n) is 14.2. The van der Waals surface area contributed by atoms with E-state index in [1.807, 2.05) is 50.7 Å². The third-order valence-electron chi connectivity index (χ3n) is 7.05. The molecule has 1 aliphatic rings. The Morgan fingerprint density at radius 3 is 2.41 bits per heavy atom. The van der Waals surface area contributed by atoms with Crippen LogP contribution in [-0.2, 0) is 24.2 Å². The van der Waals surface area contributed by atoms with Crippen LogP contribution in [0.2, 0.25) is 0 Å². The van der Waals surface area contributed by atoms with Crippen molar-refractivity contribution in [1.82, 2.24) is 25.0 Å². The maximum Gasteiger partial charge on any atom is 0.314 e. The van der Waals surface area contributed by atoms with Crippen LogP contribution in [0.1, 0.15) is 69.1 Å². The van der Waals surface area contributed by atoms with Crippen molar-refractivity contribution < 1.29 is 14.3 Å². The van der Waals surface area contributed by atoms with Crippen molar-refractivity contribution in [2.24, 2.45) is 5.73 Å². The summed E-state index contributed by atoms with van der Waals surface area (Å²) in [5, 5.41) is 15.4. The molecular formula is C30H42N8O3. The minimum Gasteiger partial charge on any atom is -0.474 e. The summed E-state index contributed by atoms with van der Waals surface area (Å²) in [5.74, 6) is 0.254. The van der Waals surface area contributed by atoms with E-state index in [1.54, 1.807) is 17.0 Å². The van der Waals surface area contributed by atoms with E-state index >= 15 is 0 Å². The lowest BCUT2D eigenvalue weighted by molar-refractivity contribution is 0.0565. The van der Waals surface area contributed by atoms with Crippen molar-refractivity contribution >= 4 is 34.3 Å². The van der Waals surface area contributed by atoms with Gasteiger partial charge in [0.1, 0.15) is 5.60 Å². The van der Waals surface area contributed by atoms with Crippen LogP contribution in [0.4, 0.5) is 16.2 Å². The van der Waals surface area contributed by atoms with Crippen LogP contribution in [-0.4, -0.2) is 56.3 Å². The highest BCUT2D eigenvalue weighted by molar-refractivity contribution is 5.95. The molecule has 0 bridgehead atoms. The molecule has 11 heteroatoms. The molecule has 41 heavy (non-hydrogen) atoms. The molecule has 11 nitrogen and oxygen atoms in total. The number of nitrogens with one attached hydrogen (secondary N) is 3. The first kappa shape index (κ1) is 29.7. The van der Waals surface area contributed by atoms with Crippen molar-refractivity contribution in [2.45, 2.75) is 78.6 Å². The Morgan fingerprint density at radius 2 is 1.83 bits per heavy atom. The number of piperidine rings is 1. The molecule has 1 aromatic carbocycles. The maximum absolute atomic E-state index is 13.2. The minimum atomic E-state index is -0.386. The monoisotopic (exact) mass is 562 g/mol. The second-order valence-electron chi connectivity index (χ2n) is 11.2. The Labute approximate surface area is 241 Å². The summed E-state index contributed by atoms with van der Waals surface area (Å²) in [6.45, 7) is 16.1. The van der Waals surface area contributed by atoms with Crippen LogP contribution in [0.25, 0.3) is 11.0 Å². The number of urea groups is 1. The van der Waals surface area contributed by atoms with Gasteiger partial charge < -0.3 is 31.3 Å². The quantitative estimate of drug-likeness (QED) is 0.265. The van der Waals surface area contributed by atoms with Gasteiger partial charge in [-0.25, -0.2) is 14.5 Å². The van der Waals surface area contributed by atoms with Gasteiger partial charge in [0.05, 0.1) is 17.3 Å². The third-order valence-corrected chi connectivity index (χ3v) is 7.05. The number of pyridine rings is 1. The molecular weight excluding hydrogens is 520 g/mol. The number of hydrogen-bond acceptors (Lipinski definition) is 7. The third kappa shape index (κ3) is 7.27. The largest absolute Gasteiger partial charge is 0.474 e. The number of carbonyl (C=O) groups excluding carboxylic acids is 2. The summed E-state index contributed by atoms with van der Waals surface area (Å²) in [5.41, 5.74) is 10.0. The average molecular weight is 563 g/mol. The summed E-state index contributed by atoms with van der Waals surface area (Å²) in [7, 11) is 0. The van der Waals surface area contributed by atoms with Gasteiger partial charge in [0.25, 0.3) is 5.91 Å². The first-order chi connectivity index (χ1) is 19.5. The fourth-order valence-corrected chi connectivity index (χ4v) is 5.03. The lowest BCUT2D eigenvalue weighted by Crippen LogP contribution is -2.44. The van der Waals surface area contributed by atoms with Crippen LogP contribution < -0.4 is 21.7 Å². The number of nitrogens with two attached hydrogens (primary N) is 1. The van der Waals surface area contributed by atoms with Crippen LogP contribution >= 0.6 is 0 Å². The van der Waals surface area contributed by atoms with Crippen LogP contribution in [0.15, 0.2) is 42.9 Å². The second kappa shape index (κ2) is 12.5. The van der Waals surface area contributed by atoms with E-state index in [-0.39, 0.29) is 23.6 Å². The summed E-state index contributed by atoms with van der Waals surface area (Å²) < 4.78 is 7.61. The molecule has 220 valence electrons. The standard InChI is InChI=1S/C30H42N8O3/c1-7-25-23(17-32-28(39)20-9-11-21(12-10-20)34-19(3)41-30(4,5)6)26(24-18-33-38(8-2)27(24)36-25)35-22-13-15-37(16-14-22)29(31)40/h9-12,18,22,34H,3,7-8,13-17H2,1-2,4-6H3,(H2,31,40)(H,32,39)(H,35,36). The molecule has 0 aliphatic carbocycles. The maximum atomic E-state index is 13.2. The van der Waals surface area contributed by atoms with E-state index in [0.29, 0.717) is 44.0 Å². The van der Waals surface area contributed by atoms with Gasteiger partial charge in [0, 0.05) is 54.7 Å². The van der Waals surface area contributed by atoms with Crippen LogP contribution in [0, 0.1) is 0 Å². The smallest absolute Gasteiger partial charge is 0.314 e. The van der Waals surface area contributed by atoms with E-state index in [0.717, 1.165) is 46.5 Å².